The summed E-state index contributed by atoms with van der Waals surface area (Å²) in [6, 6.07) is 6.34. The van der Waals surface area contributed by atoms with Gasteiger partial charge in [-0.05, 0) is 67.5 Å². The minimum Gasteiger partial charge on any atom is -0.488 e. The number of carbonyl (C=O) groups excluding carboxylic acids is 2. The standard InChI is InChI=1S/C28H35F3N4O4/c1-19(36)35-14-10-24(11-15-35)39-26-7-4-22(28(29,30)31)16-25(26)34-27(37)33-17-20-2-5-23(6-3-20)38-18-21-8-12-32-13-9-21/h4,7-9,12-13,16,20,23-24H,2-3,5-6,10-11,14-15,17-18H2,1H3,(H2,33,34,37). The maximum Gasteiger partial charge on any atom is 0.416 e. The second kappa shape index (κ2) is 13.1. The van der Waals surface area contributed by atoms with Crippen LogP contribution in [-0.2, 0) is 22.3 Å². The van der Waals surface area contributed by atoms with Gasteiger partial charge in [0.2, 0.25) is 5.91 Å². The third kappa shape index (κ3) is 8.58. The van der Waals surface area contributed by atoms with Crippen molar-refractivity contribution in [2.24, 2.45) is 5.92 Å². The number of urea groups is 1. The quantitative estimate of drug-likeness (QED) is 0.462. The summed E-state index contributed by atoms with van der Waals surface area (Å²) >= 11 is 0. The SMILES string of the molecule is CC(=O)N1CCC(Oc2ccc(C(F)(F)F)cc2NC(=O)NCC2CCC(OCc3ccncc3)CC2)CC1. The number of amides is 3. The molecule has 39 heavy (non-hydrogen) atoms. The molecule has 0 radical (unpaired) electrons. The molecule has 2 aromatic rings. The Hall–Kier alpha value is -3.34. The number of pyridine rings is 1. The molecule has 11 heteroatoms. The molecule has 0 atom stereocenters. The van der Waals surface area contributed by atoms with E-state index in [4.69, 9.17) is 9.47 Å². The summed E-state index contributed by atoms with van der Waals surface area (Å²) < 4.78 is 52.1. The number of rotatable bonds is 8. The predicted molar refractivity (Wildman–Crippen MR) is 139 cm³/mol. The molecular weight excluding hydrogens is 513 g/mol. The Balaban J connectivity index is 1.27. The zero-order valence-corrected chi connectivity index (χ0v) is 22.0. The maximum atomic E-state index is 13.4. The number of aromatic nitrogens is 1. The fourth-order valence-corrected chi connectivity index (χ4v) is 4.97. The molecule has 1 saturated carbocycles. The van der Waals surface area contributed by atoms with Crippen LogP contribution in [0.2, 0.25) is 0 Å². The number of nitrogens with zero attached hydrogens (tertiary/aromatic N) is 2. The molecule has 0 spiro atoms. The molecule has 2 aliphatic rings. The lowest BCUT2D eigenvalue weighted by molar-refractivity contribution is -0.137. The Morgan fingerprint density at radius 1 is 1.00 bits per heavy atom. The molecule has 0 unspecified atom stereocenters. The minimum atomic E-state index is -4.56. The summed E-state index contributed by atoms with van der Waals surface area (Å²) in [5.74, 6) is 0.416. The molecule has 3 amide bonds. The van der Waals surface area contributed by atoms with Crippen LogP contribution >= 0.6 is 0 Å². The second-order valence-electron chi connectivity index (χ2n) is 10.2. The first kappa shape index (κ1) is 28.7. The number of benzene rings is 1. The van der Waals surface area contributed by atoms with Gasteiger partial charge in [0.25, 0.3) is 0 Å². The van der Waals surface area contributed by atoms with Crippen molar-refractivity contribution >= 4 is 17.6 Å². The maximum absolute atomic E-state index is 13.4. The number of alkyl halides is 3. The van der Waals surface area contributed by atoms with Crippen LogP contribution in [0.4, 0.5) is 23.7 Å². The van der Waals surface area contributed by atoms with Gasteiger partial charge in [0, 0.05) is 51.8 Å². The molecule has 4 rings (SSSR count). The Morgan fingerprint density at radius 2 is 1.69 bits per heavy atom. The summed E-state index contributed by atoms with van der Waals surface area (Å²) in [6.45, 7) is 3.49. The van der Waals surface area contributed by atoms with Gasteiger partial charge in [-0.25, -0.2) is 4.79 Å². The smallest absolute Gasteiger partial charge is 0.416 e. The van der Waals surface area contributed by atoms with Crippen molar-refractivity contribution in [1.29, 1.82) is 0 Å². The summed E-state index contributed by atoms with van der Waals surface area (Å²) in [6.07, 6.45) is 3.46. The molecule has 1 aromatic carbocycles. The van der Waals surface area contributed by atoms with E-state index in [9.17, 15) is 22.8 Å². The molecule has 212 valence electrons. The van der Waals surface area contributed by atoms with Crippen molar-refractivity contribution in [3.63, 3.8) is 0 Å². The summed E-state index contributed by atoms with van der Waals surface area (Å²) in [5.41, 5.74) is 0.163. The second-order valence-corrected chi connectivity index (χ2v) is 10.2. The molecule has 2 heterocycles. The van der Waals surface area contributed by atoms with Gasteiger partial charge in [-0.3, -0.25) is 9.78 Å². The van der Waals surface area contributed by atoms with Crippen molar-refractivity contribution < 1.29 is 32.2 Å². The van der Waals surface area contributed by atoms with Crippen LogP contribution in [0.5, 0.6) is 5.75 Å². The van der Waals surface area contributed by atoms with E-state index in [0.717, 1.165) is 43.4 Å². The number of hydrogen-bond donors (Lipinski definition) is 2. The van der Waals surface area contributed by atoms with E-state index in [0.29, 0.717) is 39.1 Å². The Labute approximate surface area is 226 Å². The Kier molecular flexibility index (Phi) is 9.66. The predicted octanol–water partition coefficient (Wildman–Crippen LogP) is 5.39. The van der Waals surface area contributed by atoms with E-state index < -0.39 is 17.8 Å². The lowest BCUT2D eigenvalue weighted by atomic mass is 9.87. The van der Waals surface area contributed by atoms with Gasteiger partial charge < -0.3 is 25.0 Å². The molecule has 1 aliphatic carbocycles. The van der Waals surface area contributed by atoms with Crippen LogP contribution in [-0.4, -0.2) is 53.7 Å². The normalized spacial score (nSPS) is 20.4. The summed E-state index contributed by atoms with van der Waals surface area (Å²) in [5, 5.41) is 5.36. The monoisotopic (exact) mass is 548 g/mol. The van der Waals surface area contributed by atoms with Crippen LogP contribution in [0.25, 0.3) is 0 Å². The van der Waals surface area contributed by atoms with Crippen molar-refractivity contribution in [3.05, 3.63) is 53.9 Å². The number of ether oxygens (including phenoxy) is 2. The lowest BCUT2D eigenvalue weighted by Crippen LogP contribution is -2.40. The fraction of sp³-hybridized carbons (Fsp3) is 0.536. The van der Waals surface area contributed by atoms with Gasteiger partial charge in [-0.15, -0.1) is 0 Å². The highest BCUT2D eigenvalue weighted by Gasteiger charge is 2.32. The van der Waals surface area contributed by atoms with Gasteiger partial charge in [0.1, 0.15) is 11.9 Å². The van der Waals surface area contributed by atoms with Gasteiger partial charge >= 0.3 is 12.2 Å². The molecular formula is C28H35F3N4O4. The van der Waals surface area contributed by atoms with Crippen LogP contribution in [0.3, 0.4) is 0 Å². The molecule has 2 N–H and O–H groups in total. The van der Waals surface area contributed by atoms with E-state index in [1.54, 1.807) is 17.3 Å². The van der Waals surface area contributed by atoms with Gasteiger partial charge in [-0.2, -0.15) is 13.2 Å². The molecule has 0 bridgehead atoms. The number of carbonyl (C=O) groups is 2. The number of nitrogens with one attached hydrogen (secondary N) is 2. The van der Waals surface area contributed by atoms with Gasteiger partial charge in [-0.1, -0.05) is 0 Å². The average Bonchev–Trinajstić information content (AvgIpc) is 2.92. The topological polar surface area (TPSA) is 92.8 Å². The van der Waals surface area contributed by atoms with Crippen molar-refractivity contribution in [1.82, 2.24) is 15.2 Å². The fourth-order valence-electron chi connectivity index (χ4n) is 4.97. The molecule has 8 nitrogen and oxygen atoms in total. The van der Waals surface area contributed by atoms with Crippen LogP contribution in [0.1, 0.15) is 56.6 Å². The highest BCUT2D eigenvalue weighted by molar-refractivity contribution is 5.91. The van der Waals surface area contributed by atoms with Crippen LogP contribution in [0, 0.1) is 5.92 Å². The van der Waals surface area contributed by atoms with Crippen LogP contribution < -0.4 is 15.4 Å². The average molecular weight is 549 g/mol. The third-order valence-electron chi connectivity index (χ3n) is 7.32. The van der Waals surface area contributed by atoms with E-state index in [-0.39, 0.29) is 35.5 Å². The number of piperidine rings is 1. The molecule has 1 saturated heterocycles. The van der Waals surface area contributed by atoms with Crippen molar-refractivity contribution in [2.45, 2.75) is 70.4 Å². The first-order chi connectivity index (χ1) is 18.7. The van der Waals surface area contributed by atoms with Crippen LogP contribution in [0.15, 0.2) is 42.7 Å². The largest absolute Gasteiger partial charge is 0.488 e. The molecule has 1 aromatic heterocycles. The first-order valence-corrected chi connectivity index (χ1v) is 13.4. The van der Waals surface area contributed by atoms with Crippen molar-refractivity contribution in [3.8, 4) is 5.75 Å². The van der Waals surface area contributed by atoms with E-state index in [1.165, 1.54) is 13.0 Å². The number of anilines is 1. The third-order valence-corrected chi connectivity index (χ3v) is 7.32. The highest BCUT2D eigenvalue weighted by Crippen LogP contribution is 2.36. The van der Waals surface area contributed by atoms with E-state index in [1.807, 2.05) is 12.1 Å². The van der Waals surface area contributed by atoms with Crippen molar-refractivity contribution in [2.75, 3.05) is 25.0 Å². The van der Waals surface area contributed by atoms with Gasteiger partial charge in [0.05, 0.1) is 24.0 Å². The van der Waals surface area contributed by atoms with Gasteiger partial charge in [0.15, 0.2) is 0 Å². The number of hydrogen-bond acceptors (Lipinski definition) is 5. The highest BCUT2D eigenvalue weighted by atomic mass is 19.4. The zero-order chi connectivity index (χ0) is 27.8. The first-order valence-electron chi connectivity index (χ1n) is 13.4. The minimum absolute atomic E-state index is 0.0204. The number of halogens is 3. The molecule has 1 aliphatic heterocycles. The van der Waals surface area contributed by atoms with E-state index in [2.05, 4.69) is 15.6 Å². The Morgan fingerprint density at radius 3 is 2.33 bits per heavy atom. The zero-order valence-electron chi connectivity index (χ0n) is 22.0. The summed E-state index contributed by atoms with van der Waals surface area (Å²) in [7, 11) is 0. The lowest BCUT2D eigenvalue weighted by Gasteiger charge is -2.32. The van der Waals surface area contributed by atoms with E-state index >= 15 is 0 Å². The summed E-state index contributed by atoms with van der Waals surface area (Å²) in [4.78, 5) is 29.9. The molecule has 2 fully saturated rings. The number of likely N-dealkylation sites (tertiary alicyclic amines) is 1. The Bertz CT molecular complexity index is 1100.